The summed E-state index contributed by atoms with van der Waals surface area (Å²) in [5, 5.41) is 2.36. The van der Waals surface area contributed by atoms with Crippen LogP contribution < -0.4 is 0 Å². The van der Waals surface area contributed by atoms with Crippen molar-refractivity contribution in [2.45, 2.75) is 6.42 Å². The standard InChI is InChI=1S/C51H35N5/c1-5-17-35(18-6-1)39-29-40(36-19-7-2-8-20-36)31-41(30-39)43-32-42(51(52-34-43)56-46-27-15-13-25-44(46)45-26-14-16-28-47(45)56)33-48-53-49(37-21-9-3-10-22-37)55-50(54-48)38-23-11-4-12-24-38/h1-32,34H,33H2. The Morgan fingerprint density at radius 1 is 0.357 bits per heavy atom. The van der Waals surface area contributed by atoms with E-state index in [2.05, 4.69) is 138 Å². The van der Waals surface area contributed by atoms with Gasteiger partial charge in [-0.1, -0.05) is 158 Å². The molecule has 0 atom stereocenters. The van der Waals surface area contributed by atoms with Crippen molar-refractivity contribution in [3.63, 3.8) is 0 Å². The minimum absolute atomic E-state index is 0.434. The van der Waals surface area contributed by atoms with Crippen LogP contribution in [0.4, 0.5) is 0 Å². The van der Waals surface area contributed by atoms with E-state index < -0.39 is 0 Å². The molecule has 0 spiro atoms. The molecule has 7 aromatic carbocycles. The third-order valence-electron chi connectivity index (χ3n) is 10.3. The lowest BCUT2D eigenvalue weighted by atomic mass is 9.93. The molecule has 0 aliphatic heterocycles. The van der Waals surface area contributed by atoms with E-state index in [1.165, 1.54) is 10.8 Å². The highest BCUT2D eigenvalue weighted by Crippen LogP contribution is 2.37. The number of pyridine rings is 1. The van der Waals surface area contributed by atoms with Gasteiger partial charge in [0.25, 0.3) is 0 Å². The smallest absolute Gasteiger partial charge is 0.163 e. The molecule has 0 N–H and O–H groups in total. The third-order valence-corrected chi connectivity index (χ3v) is 10.3. The monoisotopic (exact) mass is 717 g/mol. The number of hydrogen-bond donors (Lipinski definition) is 0. The second-order valence-electron chi connectivity index (χ2n) is 13.9. The summed E-state index contributed by atoms with van der Waals surface area (Å²) in [6, 6.07) is 67.6. The zero-order valence-electron chi connectivity index (χ0n) is 30.5. The predicted octanol–water partition coefficient (Wildman–Crippen LogP) is 12.3. The second kappa shape index (κ2) is 14.4. The van der Waals surface area contributed by atoms with Crippen LogP contribution in [0.2, 0.25) is 0 Å². The lowest BCUT2D eigenvalue weighted by Gasteiger charge is -2.16. The zero-order valence-corrected chi connectivity index (χ0v) is 30.5. The van der Waals surface area contributed by atoms with Crippen LogP contribution in [0.15, 0.2) is 200 Å². The van der Waals surface area contributed by atoms with Crippen LogP contribution in [0.1, 0.15) is 11.4 Å². The molecule has 10 aromatic rings. The first-order valence-electron chi connectivity index (χ1n) is 18.8. The number of benzene rings is 7. The van der Waals surface area contributed by atoms with Gasteiger partial charge in [0.2, 0.25) is 0 Å². The van der Waals surface area contributed by atoms with Gasteiger partial charge in [-0.3, -0.25) is 4.57 Å². The molecule has 10 rings (SSSR count). The number of para-hydroxylation sites is 2. The first-order chi connectivity index (χ1) is 27.7. The molecular formula is C51H35N5. The van der Waals surface area contributed by atoms with Crippen LogP contribution in [0.3, 0.4) is 0 Å². The summed E-state index contributed by atoms with van der Waals surface area (Å²) in [6.07, 6.45) is 2.45. The molecule has 56 heavy (non-hydrogen) atoms. The van der Waals surface area contributed by atoms with Gasteiger partial charge in [-0.15, -0.1) is 0 Å². The lowest BCUT2D eigenvalue weighted by molar-refractivity contribution is 0.914. The molecule has 264 valence electrons. The van der Waals surface area contributed by atoms with Crippen molar-refractivity contribution in [1.82, 2.24) is 24.5 Å². The minimum atomic E-state index is 0.434. The topological polar surface area (TPSA) is 56.5 Å². The SMILES string of the molecule is c1ccc(-c2cc(-c3ccccc3)cc(-c3cnc(-n4c5ccccc5c5ccccc54)c(Cc4nc(-c5ccccc5)nc(-c5ccccc5)n4)c3)c2)cc1. The molecule has 0 aliphatic carbocycles. The van der Waals surface area contributed by atoms with Crippen molar-refractivity contribution in [2.24, 2.45) is 0 Å². The van der Waals surface area contributed by atoms with Gasteiger partial charge >= 0.3 is 0 Å². The van der Waals surface area contributed by atoms with E-state index >= 15 is 0 Å². The van der Waals surface area contributed by atoms with E-state index in [4.69, 9.17) is 19.9 Å². The van der Waals surface area contributed by atoms with Crippen LogP contribution in [0.25, 0.3) is 83.8 Å². The first kappa shape index (κ1) is 33.1. The summed E-state index contributed by atoms with van der Waals surface area (Å²) < 4.78 is 2.29. The van der Waals surface area contributed by atoms with Crippen molar-refractivity contribution < 1.29 is 0 Å². The highest BCUT2D eigenvalue weighted by atomic mass is 15.1. The van der Waals surface area contributed by atoms with Crippen LogP contribution in [-0.4, -0.2) is 24.5 Å². The molecule has 0 unspecified atom stereocenters. The highest BCUT2D eigenvalue weighted by Gasteiger charge is 2.20. The zero-order chi connectivity index (χ0) is 37.3. The normalized spacial score (nSPS) is 11.3. The summed E-state index contributed by atoms with van der Waals surface area (Å²) in [6.45, 7) is 0. The van der Waals surface area contributed by atoms with Gasteiger partial charge in [0.05, 0.1) is 11.0 Å². The van der Waals surface area contributed by atoms with Crippen LogP contribution in [0, 0.1) is 0 Å². The number of hydrogen-bond acceptors (Lipinski definition) is 4. The molecule has 0 aliphatic rings. The fraction of sp³-hybridized carbons (Fsp3) is 0.0196. The number of rotatable bonds is 8. The van der Waals surface area contributed by atoms with E-state index in [0.717, 1.165) is 66.9 Å². The molecule has 0 saturated heterocycles. The molecule has 0 saturated carbocycles. The Bertz CT molecular complexity index is 2810. The maximum Gasteiger partial charge on any atom is 0.163 e. The van der Waals surface area contributed by atoms with Gasteiger partial charge in [0, 0.05) is 45.6 Å². The maximum atomic E-state index is 5.35. The average Bonchev–Trinajstić information content (AvgIpc) is 3.61. The van der Waals surface area contributed by atoms with Crippen molar-refractivity contribution in [3.05, 3.63) is 212 Å². The molecule has 3 aromatic heterocycles. The van der Waals surface area contributed by atoms with Crippen molar-refractivity contribution in [2.75, 3.05) is 0 Å². The summed E-state index contributed by atoms with van der Waals surface area (Å²) in [5.74, 6) is 2.79. The fourth-order valence-electron chi connectivity index (χ4n) is 7.63. The summed E-state index contributed by atoms with van der Waals surface area (Å²) >= 11 is 0. The van der Waals surface area contributed by atoms with Crippen LogP contribution >= 0.6 is 0 Å². The predicted molar refractivity (Wildman–Crippen MR) is 228 cm³/mol. The van der Waals surface area contributed by atoms with Crippen molar-refractivity contribution >= 4 is 21.8 Å². The van der Waals surface area contributed by atoms with Crippen LogP contribution in [0.5, 0.6) is 0 Å². The van der Waals surface area contributed by atoms with E-state index in [9.17, 15) is 0 Å². The lowest BCUT2D eigenvalue weighted by Crippen LogP contribution is -2.08. The summed E-state index contributed by atoms with van der Waals surface area (Å²) in [4.78, 5) is 20.6. The molecule has 3 heterocycles. The van der Waals surface area contributed by atoms with E-state index in [0.29, 0.717) is 23.9 Å². The van der Waals surface area contributed by atoms with Gasteiger partial charge in [-0.2, -0.15) is 0 Å². The molecule has 5 heteroatoms. The summed E-state index contributed by atoms with van der Waals surface area (Å²) in [5.41, 5.74) is 11.8. The van der Waals surface area contributed by atoms with Crippen molar-refractivity contribution in [1.29, 1.82) is 0 Å². The Balaban J connectivity index is 1.20. The second-order valence-corrected chi connectivity index (χ2v) is 13.9. The van der Waals surface area contributed by atoms with E-state index in [1.54, 1.807) is 0 Å². The first-order valence-corrected chi connectivity index (χ1v) is 18.8. The van der Waals surface area contributed by atoms with Gasteiger partial charge < -0.3 is 0 Å². The fourth-order valence-corrected chi connectivity index (χ4v) is 7.63. The van der Waals surface area contributed by atoms with Crippen LogP contribution in [-0.2, 0) is 6.42 Å². The van der Waals surface area contributed by atoms with E-state index in [1.807, 2.05) is 66.9 Å². The average molecular weight is 718 g/mol. The van der Waals surface area contributed by atoms with Gasteiger partial charge in [-0.25, -0.2) is 19.9 Å². The maximum absolute atomic E-state index is 5.35. The Kier molecular flexibility index (Phi) is 8.50. The Labute approximate surface area is 325 Å². The van der Waals surface area contributed by atoms with Gasteiger partial charge in [0.15, 0.2) is 11.6 Å². The minimum Gasteiger partial charge on any atom is -0.294 e. The molecule has 5 nitrogen and oxygen atoms in total. The molecule has 0 fully saturated rings. The Morgan fingerprint density at radius 2 is 0.768 bits per heavy atom. The molecule has 0 radical (unpaired) electrons. The molecule has 0 amide bonds. The quantitative estimate of drug-likeness (QED) is 0.157. The Morgan fingerprint density at radius 3 is 1.25 bits per heavy atom. The molecular weight excluding hydrogens is 683 g/mol. The summed E-state index contributed by atoms with van der Waals surface area (Å²) in [7, 11) is 0. The third kappa shape index (κ3) is 6.31. The number of aromatic nitrogens is 5. The van der Waals surface area contributed by atoms with Gasteiger partial charge in [0.1, 0.15) is 11.6 Å². The highest BCUT2D eigenvalue weighted by molar-refractivity contribution is 6.09. The number of nitrogens with zero attached hydrogens (tertiary/aromatic N) is 5. The van der Waals surface area contributed by atoms with Crippen molar-refractivity contribution in [3.8, 4) is 62.0 Å². The van der Waals surface area contributed by atoms with Gasteiger partial charge in [-0.05, 0) is 64.2 Å². The van der Waals surface area contributed by atoms with E-state index in [-0.39, 0.29) is 0 Å². The Hall–Kier alpha value is -7.50. The largest absolute Gasteiger partial charge is 0.294 e. The molecule has 0 bridgehead atoms. The number of fused-ring (bicyclic) bond motifs is 3.